The van der Waals surface area contributed by atoms with Crippen LogP contribution in [0.2, 0.25) is 5.22 Å². The Hall–Kier alpha value is -3.25. The normalized spacial score (nSPS) is 15.2. The molecule has 6 heteroatoms. The minimum absolute atomic E-state index is 0.249. The van der Waals surface area contributed by atoms with Gasteiger partial charge in [0.25, 0.3) is 0 Å². The molecule has 186 valence electrons. The molecule has 0 unspecified atom stereocenters. The van der Waals surface area contributed by atoms with E-state index < -0.39 is 0 Å². The SMILES string of the molecule is CC/C(=C(\c1ccc(O)cc1)c1ccc(OCCN2CCNCC2)cc1)c1ccc2oc(Cl)cc2c1. The second-order valence-corrected chi connectivity index (χ2v) is 9.39. The van der Waals surface area contributed by atoms with Crippen molar-refractivity contribution in [2.45, 2.75) is 13.3 Å². The number of nitrogens with zero attached hydrogens (tertiary/aromatic N) is 1. The first-order chi connectivity index (χ1) is 17.6. The van der Waals surface area contributed by atoms with Crippen molar-refractivity contribution >= 4 is 33.7 Å². The molecular formula is C30H31ClN2O3. The molecule has 0 radical (unpaired) electrons. The van der Waals surface area contributed by atoms with E-state index in [0.29, 0.717) is 11.8 Å². The summed E-state index contributed by atoms with van der Waals surface area (Å²) >= 11 is 6.09. The van der Waals surface area contributed by atoms with Gasteiger partial charge in [-0.25, -0.2) is 0 Å². The standard InChI is InChI=1S/C30H31ClN2O3/c1-2-27(23-7-12-28-24(19-23)20-29(31)36-28)30(21-3-8-25(34)9-4-21)22-5-10-26(11-6-22)35-18-17-33-15-13-32-14-16-33/h3-12,19-20,32,34H,2,13-18H2,1H3/b30-27-. The molecule has 2 heterocycles. The van der Waals surface area contributed by atoms with Crippen molar-refractivity contribution in [1.29, 1.82) is 0 Å². The van der Waals surface area contributed by atoms with Crippen molar-refractivity contribution in [2.24, 2.45) is 0 Å². The number of rotatable bonds is 8. The fraction of sp³-hybridized carbons (Fsp3) is 0.267. The minimum atomic E-state index is 0.249. The van der Waals surface area contributed by atoms with Gasteiger partial charge in [-0.1, -0.05) is 37.3 Å². The van der Waals surface area contributed by atoms with E-state index in [4.69, 9.17) is 20.8 Å². The molecule has 0 aliphatic carbocycles. The summed E-state index contributed by atoms with van der Waals surface area (Å²) in [6, 6.07) is 23.7. The molecule has 0 bridgehead atoms. The number of allylic oxidation sites excluding steroid dienone is 1. The minimum Gasteiger partial charge on any atom is -0.508 e. The van der Waals surface area contributed by atoms with E-state index in [-0.39, 0.29) is 5.75 Å². The number of benzene rings is 3. The monoisotopic (exact) mass is 502 g/mol. The van der Waals surface area contributed by atoms with Crippen molar-refractivity contribution in [1.82, 2.24) is 10.2 Å². The smallest absolute Gasteiger partial charge is 0.194 e. The Labute approximate surface area is 216 Å². The van der Waals surface area contributed by atoms with Crippen LogP contribution in [0.4, 0.5) is 0 Å². The third-order valence-electron chi connectivity index (χ3n) is 6.67. The van der Waals surface area contributed by atoms with Crippen LogP contribution in [0.3, 0.4) is 0 Å². The Morgan fingerprint density at radius 1 is 0.944 bits per heavy atom. The molecule has 3 aromatic carbocycles. The molecule has 0 atom stereocenters. The molecule has 1 saturated heterocycles. The maximum Gasteiger partial charge on any atom is 0.194 e. The molecule has 1 fully saturated rings. The van der Waals surface area contributed by atoms with Gasteiger partial charge in [0.15, 0.2) is 5.22 Å². The number of ether oxygens (including phenoxy) is 1. The summed E-state index contributed by atoms with van der Waals surface area (Å²) in [5, 5.41) is 14.6. The van der Waals surface area contributed by atoms with Crippen LogP contribution in [-0.4, -0.2) is 49.3 Å². The van der Waals surface area contributed by atoms with Crippen molar-refractivity contribution in [3.63, 3.8) is 0 Å². The van der Waals surface area contributed by atoms with Gasteiger partial charge in [-0.15, -0.1) is 0 Å². The number of piperazine rings is 1. The molecule has 0 saturated carbocycles. The van der Waals surface area contributed by atoms with Gasteiger partial charge in [-0.05, 0) is 82.3 Å². The Kier molecular flexibility index (Phi) is 7.61. The molecule has 5 rings (SSSR count). The van der Waals surface area contributed by atoms with Crippen LogP contribution >= 0.6 is 11.6 Å². The predicted octanol–water partition coefficient (Wildman–Crippen LogP) is 6.44. The molecule has 5 nitrogen and oxygen atoms in total. The summed E-state index contributed by atoms with van der Waals surface area (Å²) in [6.07, 6.45) is 0.830. The maximum atomic E-state index is 9.89. The summed E-state index contributed by atoms with van der Waals surface area (Å²) in [5.41, 5.74) is 6.35. The zero-order valence-corrected chi connectivity index (χ0v) is 21.2. The summed E-state index contributed by atoms with van der Waals surface area (Å²) in [4.78, 5) is 2.42. The van der Waals surface area contributed by atoms with E-state index >= 15 is 0 Å². The fourth-order valence-corrected chi connectivity index (χ4v) is 5.01. The third-order valence-corrected chi connectivity index (χ3v) is 6.86. The molecular weight excluding hydrogens is 472 g/mol. The summed E-state index contributed by atoms with van der Waals surface area (Å²) in [7, 11) is 0. The molecule has 4 aromatic rings. The second-order valence-electron chi connectivity index (χ2n) is 9.02. The van der Waals surface area contributed by atoms with E-state index in [2.05, 4.69) is 41.4 Å². The highest BCUT2D eigenvalue weighted by Crippen LogP contribution is 2.37. The third kappa shape index (κ3) is 5.59. The maximum absolute atomic E-state index is 9.89. The Morgan fingerprint density at radius 3 is 2.31 bits per heavy atom. The quantitative estimate of drug-likeness (QED) is 0.271. The number of nitrogens with one attached hydrogen (secondary N) is 1. The van der Waals surface area contributed by atoms with Gasteiger partial charge < -0.3 is 19.6 Å². The number of aromatic hydroxyl groups is 1. The average Bonchev–Trinajstić information content (AvgIpc) is 3.28. The van der Waals surface area contributed by atoms with E-state index in [0.717, 1.165) is 78.1 Å². The highest BCUT2D eigenvalue weighted by molar-refractivity contribution is 6.29. The van der Waals surface area contributed by atoms with Gasteiger partial charge in [0, 0.05) is 44.2 Å². The number of hydrogen-bond donors (Lipinski definition) is 2. The number of furan rings is 1. The molecule has 1 aliphatic rings. The molecule has 1 aliphatic heterocycles. The van der Waals surface area contributed by atoms with Gasteiger partial charge in [0.05, 0.1) is 0 Å². The van der Waals surface area contributed by atoms with Crippen LogP contribution in [0.25, 0.3) is 22.1 Å². The van der Waals surface area contributed by atoms with Gasteiger partial charge in [-0.2, -0.15) is 0 Å². The van der Waals surface area contributed by atoms with Crippen LogP contribution in [0.1, 0.15) is 30.0 Å². The fourth-order valence-electron chi connectivity index (χ4n) is 4.81. The average molecular weight is 503 g/mol. The lowest BCUT2D eigenvalue weighted by molar-refractivity contribution is 0.191. The lowest BCUT2D eigenvalue weighted by Gasteiger charge is -2.26. The summed E-state index contributed by atoms with van der Waals surface area (Å²) in [6.45, 7) is 7.99. The number of halogens is 1. The van der Waals surface area contributed by atoms with Gasteiger partial charge >= 0.3 is 0 Å². The largest absolute Gasteiger partial charge is 0.508 e. The van der Waals surface area contributed by atoms with Crippen LogP contribution in [0.5, 0.6) is 11.5 Å². The lowest BCUT2D eigenvalue weighted by atomic mass is 9.88. The van der Waals surface area contributed by atoms with Crippen molar-refractivity contribution in [2.75, 3.05) is 39.3 Å². The zero-order chi connectivity index (χ0) is 24.9. The van der Waals surface area contributed by atoms with Crippen LogP contribution in [0.15, 0.2) is 77.2 Å². The van der Waals surface area contributed by atoms with Crippen molar-refractivity contribution in [3.8, 4) is 11.5 Å². The number of hydrogen-bond acceptors (Lipinski definition) is 5. The molecule has 0 spiro atoms. The Bertz CT molecular complexity index is 1340. The van der Waals surface area contributed by atoms with E-state index in [1.807, 2.05) is 36.4 Å². The topological polar surface area (TPSA) is 57.9 Å². The number of fused-ring (bicyclic) bond motifs is 1. The summed E-state index contributed by atoms with van der Waals surface area (Å²) < 4.78 is 11.6. The van der Waals surface area contributed by atoms with Crippen molar-refractivity contribution in [3.05, 3.63) is 94.7 Å². The second kappa shape index (κ2) is 11.2. The molecule has 36 heavy (non-hydrogen) atoms. The molecule has 1 aromatic heterocycles. The van der Waals surface area contributed by atoms with E-state index in [1.165, 1.54) is 5.57 Å². The Balaban J connectivity index is 1.46. The highest BCUT2D eigenvalue weighted by atomic mass is 35.5. The lowest BCUT2D eigenvalue weighted by Crippen LogP contribution is -2.44. The number of phenolic OH excluding ortho intramolecular Hbond substituents is 1. The van der Waals surface area contributed by atoms with Gasteiger partial charge in [0.1, 0.15) is 23.7 Å². The number of phenols is 1. The van der Waals surface area contributed by atoms with E-state index in [1.54, 1.807) is 12.1 Å². The van der Waals surface area contributed by atoms with E-state index in [9.17, 15) is 5.11 Å². The summed E-state index contributed by atoms with van der Waals surface area (Å²) in [5.74, 6) is 1.12. The molecule has 2 N–H and O–H groups in total. The first-order valence-electron chi connectivity index (χ1n) is 12.5. The zero-order valence-electron chi connectivity index (χ0n) is 20.5. The molecule has 0 amide bonds. The van der Waals surface area contributed by atoms with Crippen LogP contribution < -0.4 is 10.1 Å². The first-order valence-corrected chi connectivity index (χ1v) is 12.9. The van der Waals surface area contributed by atoms with Crippen LogP contribution in [-0.2, 0) is 0 Å². The Morgan fingerprint density at radius 2 is 1.61 bits per heavy atom. The predicted molar refractivity (Wildman–Crippen MR) is 147 cm³/mol. The van der Waals surface area contributed by atoms with Gasteiger partial charge in [-0.3, -0.25) is 4.90 Å². The van der Waals surface area contributed by atoms with Gasteiger partial charge in [0.2, 0.25) is 0 Å². The van der Waals surface area contributed by atoms with Crippen molar-refractivity contribution < 1.29 is 14.3 Å². The van der Waals surface area contributed by atoms with Crippen LogP contribution in [0, 0.1) is 0 Å². The first kappa shape index (κ1) is 24.4. The highest BCUT2D eigenvalue weighted by Gasteiger charge is 2.15.